The van der Waals surface area contributed by atoms with Gasteiger partial charge in [-0.3, -0.25) is 4.79 Å². The Balaban J connectivity index is 2.00. The molecule has 0 atom stereocenters. The smallest absolute Gasteiger partial charge is 0.258 e. The Morgan fingerprint density at radius 1 is 1.24 bits per heavy atom. The van der Waals surface area contributed by atoms with Gasteiger partial charge in [0.1, 0.15) is 11.6 Å². The molecule has 0 unspecified atom stereocenters. The minimum Gasteiger partial charge on any atom is -0.398 e. The Labute approximate surface area is 121 Å². The van der Waals surface area contributed by atoms with Crippen molar-refractivity contribution in [2.75, 3.05) is 17.2 Å². The lowest BCUT2D eigenvalue weighted by Gasteiger charge is -2.18. The lowest BCUT2D eigenvalue weighted by atomic mass is 10.1. The number of carbonyl (C=O) groups is 1. The largest absolute Gasteiger partial charge is 0.398 e. The molecule has 0 aromatic heterocycles. The van der Waals surface area contributed by atoms with Gasteiger partial charge in [0.05, 0.1) is 5.69 Å². The SMILES string of the molecule is Cc1c(N)cc(C(=O)N2CCc3ccc(F)cc32)cc1F. The molecule has 1 aliphatic rings. The summed E-state index contributed by atoms with van der Waals surface area (Å²) in [5, 5.41) is 0. The summed E-state index contributed by atoms with van der Waals surface area (Å²) in [6.07, 6.45) is 0.658. The van der Waals surface area contributed by atoms with Crippen LogP contribution < -0.4 is 10.6 Å². The molecular weight excluding hydrogens is 274 g/mol. The molecule has 3 nitrogen and oxygen atoms in total. The minimum atomic E-state index is -0.517. The van der Waals surface area contributed by atoms with Gasteiger partial charge in [-0.1, -0.05) is 6.07 Å². The van der Waals surface area contributed by atoms with E-state index in [2.05, 4.69) is 0 Å². The normalized spacial score (nSPS) is 13.4. The maximum atomic E-state index is 13.7. The van der Waals surface area contributed by atoms with Crippen LogP contribution in [-0.4, -0.2) is 12.5 Å². The van der Waals surface area contributed by atoms with Crippen molar-refractivity contribution in [3.63, 3.8) is 0 Å². The third-order valence-electron chi connectivity index (χ3n) is 3.82. The first-order valence-corrected chi connectivity index (χ1v) is 6.63. The summed E-state index contributed by atoms with van der Waals surface area (Å²) >= 11 is 0. The molecular formula is C16H14F2N2O. The van der Waals surface area contributed by atoms with Crippen LogP contribution in [0.25, 0.3) is 0 Å². The fourth-order valence-corrected chi connectivity index (χ4v) is 2.54. The lowest BCUT2D eigenvalue weighted by Crippen LogP contribution is -2.29. The molecule has 0 radical (unpaired) electrons. The number of hydrogen-bond acceptors (Lipinski definition) is 2. The van der Waals surface area contributed by atoms with Gasteiger partial charge >= 0.3 is 0 Å². The van der Waals surface area contributed by atoms with Gasteiger partial charge in [-0.05, 0) is 43.2 Å². The number of benzene rings is 2. The van der Waals surface area contributed by atoms with Crippen molar-refractivity contribution in [1.29, 1.82) is 0 Å². The van der Waals surface area contributed by atoms with Crippen LogP contribution in [0.5, 0.6) is 0 Å². The fraction of sp³-hybridized carbons (Fsp3) is 0.188. The van der Waals surface area contributed by atoms with Crippen molar-refractivity contribution < 1.29 is 13.6 Å². The van der Waals surface area contributed by atoms with Crippen molar-refractivity contribution in [3.05, 3.63) is 58.7 Å². The van der Waals surface area contributed by atoms with Crippen LogP contribution in [0.3, 0.4) is 0 Å². The highest BCUT2D eigenvalue weighted by atomic mass is 19.1. The maximum absolute atomic E-state index is 13.7. The topological polar surface area (TPSA) is 46.3 Å². The summed E-state index contributed by atoms with van der Waals surface area (Å²) in [5.41, 5.74) is 7.88. The van der Waals surface area contributed by atoms with E-state index in [0.717, 1.165) is 5.56 Å². The van der Waals surface area contributed by atoms with E-state index >= 15 is 0 Å². The zero-order chi connectivity index (χ0) is 15.1. The van der Waals surface area contributed by atoms with Gasteiger partial charge in [0.2, 0.25) is 0 Å². The van der Waals surface area contributed by atoms with E-state index in [1.165, 1.54) is 29.2 Å². The molecule has 2 N–H and O–H groups in total. The molecule has 2 aromatic rings. The van der Waals surface area contributed by atoms with Crippen molar-refractivity contribution in [2.45, 2.75) is 13.3 Å². The van der Waals surface area contributed by atoms with Crippen molar-refractivity contribution in [2.24, 2.45) is 0 Å². The minimum absolute atomic E-state index is 0.174. The molecule has 0 fully saturated rings. The molecule has 0 saturated heterocycles. The number of rotatable bonds is 1. The Kier molecular flexibility index (Phi) is 3.12. The molecule has 108 valence electrons. The van der Waals surface area contributed by atoms with E-state index in [4.69, 9.17) is 5.73 Å². The summed E-state index contributed by atoms with van der Waals surface area (Å²) in [6.45, 7) is 2.01. The van der Waals surface area contributed by atoms with Gasteiger partial charge in [0.25, 0.3) is 5.91 Å². The second-order valence-electron chi connectivity index (χ2n) is 5.15. The van der Waals surface area contributed by atoms with Crippen LogP contribution >= 0.6 is 0 Å². The molecule has 1 aliphatic heterocycles. The number of nitrogen functional groups attached to an aromatic ring is 1. The standard InChI is InChI=1S/C16H14F2N2O/c1-9-13(18)6-11(7-14(9)19)16(21)20-5-4-10-2-3-12(17)8-15(10)20/h2-3,6-8H,4-5,19H2,1H3. The average Bonchev–Trinajstić information content (AvgIpc) is 2.86. The first kappa shape index (κ1) is 13.5. The zero-order valence-electron chi connectivity index (χ0n) is 11.5. The Morgan fingerprint density at radius 2 is 2.00 bits per heavy atom. The number of nitrogens with zero attached hydrogens (tertiary/aromatic N) is 1. The van der Waals surface area contributed by atoms with Crippen molar-refractivity contribution in [1.82, 2.24) is 0 Å². The zero-order valence-corrected chi connectivity index (χ0v) is 11.5. The third kappa shape index (κ3) is 2.24. The van der Waals surface area contributed by atoms with Crippen LogP contribution in [0, 0.1) is 18.6 Å². The molecule has 3 rings (SSSR count). The number of carbonyl (C=O) groups excluding carboxylic acids is 1. The molecule has 21 heavy (non-hydrogen) atoms. The van der Waals surface area contributed by atoms with Crippen LogP contribution in [-0.2, 0) is 6.42 Å². The number of hydrogen-bond donors (Lipinski definition) is 1. The molecule has 5 heteroatoms. The molecule has 0 bridgehead atoms. The van der Waals surface area contributed by atoms with Gasteiger partial charge < -0.3 is 10.6 Å². The van der Waals surface area contributed by atoms with Crippen LogP contribution in [0.15, 0.2) is 30.3 Å². The maximum Gasteiger partial charge on any atom is 0.258 e. The summed E-state index contributed by atoms with van der Waals surface area (Å²) < 4.78 is 27.1. The van der Waals surface area contributed by atoms with Crippen LogP contribution in [0.4, 0.5) is 20.2 Å². The number of nitrogens with two attached hydrogens (primary N) is 1. The molecule has 1 heterocycles. The van der Waals surface area contributed by atoms with E-state index in [1.54, 1.807) is 13.0 Å². The van der Waals surface area contributed by atoms with Gasteiger partial charge in [0.15, 0.2) is 0 Å². The van der Waals surface area contributed by atoms with Gasteiger partial charge in [-0.15, -0.1) is 0 Å². The highest BCUT2D eigenvalue weighted by Crippen LogP contribution is 2.30. The van der Waals surface area contributed by atoms with Gasteiger partial charge in [-0.2, -0.15) is 0 Å². The Morgan fingerprint density at radius 3 is 2.71 bits per heavy atom. The highest BCUT2D eigenvalue weighted by Gasteiger charge is 2.26. The van der Waals surface area contributed by atoms with E-state index in [-0.39, 0.29) is 17.2 Å². The van der Waals surface area contributed by atoms with Gasteiger partial charge in [-0.25, -0.2) is 8.78 Å². The molecule has 2 aromatic carbocycles. The van der Waals surface area contributed by atoms with E-state index in [1.807, 2.05) is 0 Å². The first-order chi connectivity index (χ1) is 9.97. The first-order valence-electron chi connectivity index (χ1n) is 6.63. The summed E-state index contributed by atoms with van der Waals surface area (Å²) in [6, 6.07) is 7.00. The molecule has 1 amide bonds. The second kappa shape index (κ2) is 4.84. The van der Waals surface area contributed by atoms with Gasteiger partial charge in [0, 0.05) is 23.4 Å². The number of fused-ring (bicyclic) bond motifs is 1. The predicted octanol–water partition coefficient (Wildman–Crippen LogP) is 3.06. The van der Waals surface area contributed by atoms with Crippen LogP contribution in [0.2, 0.25) is 0 Å². The molecule has 0 saturated carbocycles. The van der Waals surface area contributed by atoms with E-state index < -0.39 is 11.6 Å². The quantitative estimate of drug-likeness (QED) is 0.820. The van der Waals surface area contributed by atoms with E-state index in [0.29, 0.717) is 24.2 Å². The number of amides is 1. The molecule has 0 spiro atoms. The summed E-state index contributed by atoms with van der Waals surface area (Å²) in [5.74, 6) is -1.29. The summed E-state index contributed by atoms with van der Waals surface area (Å²) in [4.78, 5) is 14.0. The van der Waals surface area contributed by atoms with Crippen molar-refractivity contribution >= 4 is 17.3 Å². The monoisotopic (exact) mass is 288 g/mol. The lowest BCUT2D eigenvalue weighted by molar-refractivity contribution is 0.0989. The number of anilines is 2. The Bertz CT molecular complexity index is 720. The average molecular weight is 288 g/mol. The predicted molar refractivity (Wildman–Crippen MR) is 77.3 cm³/mol. The van der Waals surface area contributed by atoms with Crippen LogP contribution in [0.1, 0.15) is 21.5 Å². The summed E-state index contributed by atoms with van der Waals surface area (Å²) in [7, 11) is 0. The van der Waals surface area contributed by atoms with Crippen molar-refractivity contribution in [3.8, 4) is 0 Å². The van der Waals surface area contributed by atoms with E-state index in [9.17, 15) is 13.6 Å². The number of halogens is 2. The molecule has 0 aliphatic carbocycles. The fourth-order valence-electron chi connectivity index (χ4n) is 2.54. The third-order valence-corrected chi connectivity index (χ3v) is 3.82. The Hall–Kier alpha value is -2.43. The highest BCUT2D eigenvalue weighted by molar-refractivity contribution is 6.07. The second-order valence-corrected chi connectivity index (χ2v) is 5.15.